The molecule has 0 atom stereocenters. The van der Waals surface area contributed by atoms with Gasteiger partial charge in [-0.1, -0.05) is 49.7 Å². The second-order valence-corrected chi connectivity index (χ2v) is 7.52. The van der Waals surface area contributed by atoms with E-state index in [2.05, 4.69) is 37.3 Å². The van der Waals surface area contributed by atoms with Gasteiger partial charge in [-0.25, -0.2) is 0 Å². The van der Waals surface area contributed by atoms with Crippen molar-refractivity contribution in [2.75, 3.05) is 13.2 Å². The zero-order valence-corrected chi connectivity index (χ0v) is 17.8. The van der Waals surface area contributed by atoms with Crippen LogP contribution < -0.4 is 9.47 Å². The van der Waals surface area contributed by atoms with Gasteiger partial charge in [0.05, 0.1) is 6.61 Å². The fraction of sp³-hybridized carbons (Fsp3) is 0.333. The van der Waals surface area contributed by atoms with Gasteiger partial charge in [-0.15, -0.1) is 0 Å². The molecule has 3 aromatic carbocycles. The maximum Gasteiger partial charge on any atom is 0.127 e. The third-order valence-electron chi connectivity index (χ3n) is 5.08. The molecule has 0 saturated carbocycles. The molecule has 0 aliphatic carbocycles. The number of para-hydroxylation sites is 1. The SMILES string of the molecule is CCCc1cc(Oc2ccccc2)ccc1CCCc1ccc(OCCCO)cc1. The third kappa shape index (κ3) is 6.93. The van der Waals surface area contributed by atoms with E-state index in [1.165, 1.54) is 16.7 Å². The molecular formula is C27H32O3. The van der Waals surface area contributed by atoms with Crippen molar-refractivity contribution in [2.45, 2.75) is 45.4 Å². The summed E-state index contributed by atoms with van der Waals surface area (Å²) in [6, 6.07) is 24.8. The Morgan fingerprint density at radius 3 is 2.20 bits per heavy atom. The van der Waals surface area contributed by atoms with E-state index in [0.717, 1.165) is 49.4 Å². The highest BCUT2D eigenvalue weighted by Crippen LogP contribution is 2.26. The van der Waals surface area contributed by atoms with Crippen LogP contribution in [0.2, 0.25) is 0 Å². The molecule has 0 aliphatic rings. The van der Waals surface area contributed by atoms with Crippen molar-refractivity contribution in [3.8, 4) is 17.2 Å². The average Bonchev–Trinajstić information content (AvgIpc) is 2.77. The molecule has 0 unspecified atom stereocenters. The van der Waals surface area contributed by atoms with Crippen LogP contribution in [0, 0.1) is 0 Å². The predicted octanol–water partition coefficient (Wildman–Crippen LogP) is 6.37. The third-order valence-corrected chi connectivity index (χ3v) is 5.08. The van der Waals surface area contributed by atoms with E-state index in [1.807, 2.05) is 42.5 Å². The average molecular weight is 405 g/mol. The molecule has 0 fully saturated rings. The van der Waals surface area contributed by atoms with Crippen LogP contribution in [0.5, 0.6) is 17.2 Å². The normalized spacial score (nSPS) is 10.7. The van der Waals surface area contributed by atoms with Gasteiger partial charge in [0.25, 0.3) is 0 Å². The molecule has 0 spiro atoms. The summed E-state index contributed by atoms with van der Waals surface area (Å²) in [4.78, 5) is 0. The molecule has 0 saturated heterocycles. The van der Waals surface area contributed by atoms with Crippen LogP contribution in [0.15, 0.2) is 72.8 Å². The highest BCUT2D eigenvalue weighted by Gasteiger charge is 2.06. The summed E-state index contributed by atoms with van der Waals surface area (Å²) in [6.45, 7) is 2.94. The summed E-state index contributed by atoms with van der Waals surface area (Å²) in [7, 11) is 0. The van der Waals surface area contributed by atoms with Gasteiger partial charge < -0.3 is 14.6 Å². The number of benzene rings is 3. The fourth-order valence-corrected chi connectivity index (χ4v) is 3.53. The van der Waals surface area contributed by atoms with Gasteiger partial charge in [-0.2, -0.15) is 0 Å². The Balaban J connectivity index is 1.55. The first-order valence-electron chi connectivity index (χ1n) is 11.0. The molecule has 3 nitrogen and oxygen atoms in total. The number of hydrogen-bond acceptors (Lipinski definition) is 3. The van der Waals surface area contributed by atoms with E-state index in [4.69, 9.17) is 14.6 Å². The number of hydrogen-bond donors (Lipinski definition) is 1. The van der Waals surface area contributed by atoms with Crippen molar-refractivity contribution in [1.29, 1.82) is 0 Å². The summed E-state index contributed by atoms with van der Waals surface area (Å²) < 4.78 is 11.6. The largest absolute Gasteiger partial charge is 0.494 e. The van der Waals surface area contributed by atoms with Crippen LogP contribution in [0.3, 0.4) is 0 Å². The van der Waals surface area contributed by atoms with Crippen LogP contribution in [0.4, 0.5) is 0 Å². The first kappa shape index (κ1) is 21.9. The number of ether oxygens (including phenoxy) is 2. The van der Waals surface area contributed by atoms with Crippen molar-refractivity contribution >= 4 is 0 Å². The fourth-order valence-electron chi connectivity index (χ4n) is 3.53. The van der Waals surface area contributed by atoms with Gasteiger partial charge in [-0.05, 0) is 78.8 Å². The molecule has 0 aromatic heterocycles. The van der Waals surface area contributed by atoms with Gasteiger partial charge in [0.1, 0.15) is 17.2 Å². The molecule has 3 rings (SSSR count). The molecular weight excluding hydrogens is 372 g/mol. The van der Waals surface area contributed by atoms with E-state index in [9.17, 15) is 0 Å². The highest BCUT2D eigenvalue weighted by atomic mass is 16.5. The lowest BCUT2D eigenvalue weighted by Gasteiger charge is -2.13. The van der Waals surface area contributed by atoms with Gasteiger partial charge >= 0.3 is 0 Å². The number of rotatable bonds is 12. The van der Waals surface area contributed by atoms with Crippen LogP contribution in [0.25, 0.3) is 0 Å². The Morgan fingerprint density at radius 1 is 0.700 bits per heavy atom. The molecule has 1 N–H and O–H groups in total. The lowest BCUT2D eigenvalue weighted by atomic mass is 9.97. The van der Waals surface area contributed by atoms with Crippen molar-refractivity contribution < 1.29 is 14.6 Å². The first-order valence-corrected chi connectivity index (χ1v) is 11.0. The second-order valence-electron chi connectivity index (χ2n) is 7.52. The minimum Gasteiger partial charge on any atom is -0.494 e. The topological polar surface area (TPSA) is 38.7 Å². The molecule has 0 heterocycles. The number of aliphatic hydroxyl groups excluding tert-OH is 1. The predicted molar refractivity (Wildman–Crippen MR) is 123 cm³/mol. The molecule has 30 heavy (non-hydrogen) atoms. The summed E-state index contributed by atoms with van der Waals surface area (Å²) >= 11 is 0. The zero-order chi connectivity index (χ0) is 21.0. The quantitative estimate of drug-likeness (QED) is 0.357. The minimum absolute atomic E-state index is 0.164. The smallest absolute Gasteiger partial charge is 0.127 e. The molecule has 0 radical (unpaired) electrons. The number of aryl methyl sites for hydroxylation is 3. The summed E-state index contributed by atoms with van der Waals surface area (Å²) in [5.41, 5.74) is 4.13. The highest BCUT2D eigenvalue weighted by molar-refractivity contribution is 5.39. The lowest BCUT2D eigenvalue weighted by Crippen LogP contribution is -2.00. The molecule has 0 bridgehead atoms. The second kappa shape index (κ2) is 12.0. The Morgan fingerprint density at radius 2 is 1.47 bits per heavy atom. The summed E-state index contributed by atoms with van der Waals surface area (Å²) in [5.74, 6) is 2.65. The molecule has 0 amide bonds. The Kier molecular flexibility index (Phi) is 8.80. The molecule has 3 heteroatoms. The maximum absolute atomic E-state index is 8.83. The van der Waals surface area contributed by atoms with E-state index in [1.54, 1.807) is 0 Å². The summed E-state index contributed by atoms with van der Waals surface area (Å²) in [6.07, 6.45) is 6.08. The molecule has 158 valence electrons. The van der Waals surface area contributed by atoms with Gasteiger partial charge in [0, 0.05) is 13.0 Å². The van der Waals surface area contributed by atoms with E-state index < -0.39 is 0 Å². The first-order chi connectivity index (χ1) is 14.8. The van der Waals surface area contributed by atoms with Crippen LogP contribution in [-0.2, 0) is 19.3 Å². The van der Waals surface area contributed by atoms with Crippen LogP contribution >= 0.6 is 0 Å². The van der Waals surface area contributed by atoms with Crippen molar-refractivity contribution in [3.63, 3.8) is 0 Å². The Labute approximate surface area is 180 Å². The van der Waals surface area contributed by atoms with Gasteiger partial charge in [-0.3, -0.25) is 0 Å². The van der Waals surface area contributed by atoms with E-state index in [-0.39, 0.29) is 6.61 Å². The maximum atomic E-state index is 8.83. The van der Waals surface area contributed by atoms with Gasteiger partial charge in [0.2, 0.25) is 0 Å². The van der Waals surface area contributed by atoms with Crippen molar-refractivity contribution in [2.24, 2.45) is 0 Å². The van der Waals surface area contributed by atoms with Crippen LogP contribution in [0.1, 0.15) is 42.9 Å². The minimum atomic E-state index is 0.164. The van der Waals surface area contributed by atoms with Crippen molar-refractivity contribution in [1.82, 2.24) is 0 Å². The summed E-state index contributed by atoms with van der Waals surface area (Å²) in [5, 5.41) is 8.83. The Hall–Kier alpha value is -2.78. The monoisotopic (exact) mass is 404 g/mol. The Bertz CT molecular complexity index is 872. The molecule has 3 aromatic rings. The van der Waals surface area contributed by atoms with Crippen LogP contribution in [-0.4, -0.2) is 18.3 Å². The lowest BCUT2D eigenvalue weighted by molar-refractivity contribution is 0.233. The van der Waals surface area contributed by atoms with E-state index in [0.29, 0.717) is 13.0 Å². The standard InChI is InChI=1S/C27H32O3/c1-2-8-24-21-27(30-26-11-4-3-5-12-26)18-15-23(24)10-6-9-22-13-16-25(17-14-22)29-20-7-19-28/h3-5,11-18,21,28H,2,6-10,19-20H2,1H3. The van der Waals surface area contributed by atoms with Gasteiger partial charge in [0.15, 0.2) is 0 Å². The van der Waals surface area contributed by atoms with Crippen molar-refractivity contribution in [3.05, 3.63) is 89.5 Å². The number of aliphatic hydroxyl groups is 1. The van der Waals surface area contributed by atoms with E-state index >= 15 is 0 Å². The molecule has 0 aliphatic heterocycles. The zero-order valence-electron chi connectivity index (χ0n) is 17.8.